The molecule has 192 valence electrons. The molecule has 0 spiro atoms. The molecule has 0 saturated carbocycles. The van der Waals surface area contributed by atoms with Crippen molar-refractivity contribution < 1.29 is 38.7 Å². The first-order valence-electron chi connectivity index (χ1n) is 11.1. The lowest BCUT2D eigenvalue weighted by molar-refractivity contribution is -0.134. The molecule has 0 atom stereocenters. The Morgan fingerprint density at radius 3 is 2.14 bits per heavy atom. The van der Waals surface area contributed by atoms with Crippen LogP contribution in [0, 0.1) is 12.3 Å². The zero-order valence-electron chi connectivity index (χ0n) is 19.8. The summed E-state index contributed by atoms with van der Waals surface area (Å²) in [5.74, 6) is 1.99. The van der Waals surface area contributed by atoms with Gasteiger partial charge >= 0.3 is 11.9 Å². The van der Waals surface area contributed by atoms with Gasteiger partial charge in [-0.1, -0.05) is 12.0 Å². The van der Waals surface area contributed by atoms with E-state index in [1.165, 1.54) is 6.33 Å². The molecule has 0 bridgehead atoms. The molecule has 0 aliphatic carbocycles. The molecule has 1 aliphatic heterocycles. The normalized spacial score (nSPS) is 13.8. The summed E-state index contributed by atoms with van der Waals surface area (Å²) in [4.78, 5) is 27.9. The summed E-state index contributed by atoms with van der Waals surface area (Å²) in [6, 6.07) is 11.3. The number of aromatic nitrogens is 2. The number of aliphatic carboxylic acids is 2. The number of fused-ring (bicyclic) bond motifs is 2. The largest absolute Gasteiger partial charge is 0.487 e. The fourth-order valence-electron chi connectivity index (χ4n) is 3.10. The lowest BCUT2D eigenvalue weighted by atomic mass is 10.2. The van der Waals surface area contributed by atoms with Crippen molar-refractivity contribution in [2.45, 2.75) is 0 Å². The number of carboxylic acids is 2. The molecule has 3 N–H and O–H groups in total. The first-order valence-corrected chi connectivity index (χ1v) is 11.1. The molecule has 0 saturated heterocycles. The summed E-state index contributed by atoms with van der Waals surface area (Å²) < 4.78 is 22.7. The number of rotatable bonds is 4. The van der Waals surface area contributed by atoms with E-state index in [9.17, 15) is 9.59 Å². The van der Waals surface area contributed by atoms with Gasteiger partial charge in [0.15, 0.2) is 11.5 Å². The number of ether oxygens (including phenoxy) is 4. The first-order chi connectivity index (χ1) is 18.0. The zero-order valence-corrected chi connectivity index (χ0v) is 19.8. The van der Waals surface area contributed by atoms with E-state index in [4.69, 9.17) is 35.6 Å². The zero-order chi connectivity index (χ0) is 26.5. The van der Waals surface area contributed by atoms with Gasteiger partial charge in [0.2, 0.25) is 0 Å². The molecular formula is C26H25N3O8. The summed E-state index contributed by atoms with van der Waals surface area (Å²) in [5, 5.41) is 19.7. The highest BCUT2D eigenvalue weighted by Crippen LogP contribution is 2.35. The van der Waals surface area contributed by atoms with E-state index in [1.807, 2.05) is 36.4 Å². The molecule has 3 aromatic rings. The molecule has 1 aliphatic rings. The number of nitrogens with zero attached hydrogens (tertiary/aromatic N) is 2. The molecule has 11 nitrogen and oxygen atoms in total. The van der Waals surface area contributed by atoms with Gasteiger partial charge in [-0.3, -0.25) is 0 Å². The lowest BCUT2D eigenvalue weighted by Gasteiger charge is -2.16. The smallest absolute Gasteiger partial charge is 0.328 e. The molecule has 1 aromatic heterocycles. The number of carbonyl (C=O) groups is 2. The Morgan fingerprint density at radius 1 is 0.892 bits per heavy atom. The molecule has 0 unspecified atom stereocenters. The van der Waals surface area contributed by atoms with Crippen LogP contribution in [0.1, 0.15) is 5.56 Å². The highest BCUT2D eigenvalue weighted by atomic mass is 16.6. The highest BCUT2D eigenvalue weighted by molar-refractivity contribution is 5.93. The van der Waals surface area contributed by atoms with Crippen LogP contribution >= 0.6 is 0 Å². The van der Waals surface area contributed by atoms with E-state index in [1.54, 1.807) is 0 Å². The molecule has 4 rings (SSSR count). The Balaban J connectivity index is 0.000000414. The number of terminal acetylenes is 1. The van der Waals surface area contributed by atoms with Crippen LogP contribution in [-0.4, -0.2) is 71.8 Å². The van der Waals surface area contributed by atoms with Gasteiger partial charge < -0.3 is 34.5 Å². The second-order valence-corrected chi connectivity index (χ2v) is 7.32. The summed E-state index contributed by atoms with van der Waals surface area (Å²) in [5.41, 5.74) is 2.37. The Labute approximate surface area is 212 Å². The molecule has 2 aromatic carbocycles. The Morgan fingerprint density at radius 2 is 1.51 bits per heavy atom. The second-order valence-electron chi connectivity index (χ2n) is 7.32. The molecule has 0 amide bonds. The van der Waals surface area contributed by atoms with E-state index in [-0.39, 0.29) is 0 Å². The van der Waals surface area contributed by atoms with Crippen LogP contribution in [0.15, 0.2) is 54.9 Å². The maximum atomic E-state index is 9.55. The van der Waals surface area contributed by atoms with E-state index >= 15 is 0 Å². The number of hydrogen-bond donors (Lipinski definition) is 3. The lowest BCUT2D eigenvalue weighted by Crippen LogP contribution is -2.15. The van der Waals surface area contributed by atoms with Gasteiger partial charge in [-0.15, -0.1) is 6.42 Å². The Hall–Kier alpha value is -4.66. The van der Waals surface area contributed by atoms with Crippen molar-refractivity contribution in [2.75, 3.05) is 45.0 Å². The third-order valence-corrected chi connectivity index (χ3v) is 4.70. The SMILES string of the molecule is C#Cc1cccc(Nc2ncnc3cc4c(cc23)OCCOCCOCCO4)c1.O=C(O)/C=C/C(=O)O. The van der Waals surface area contributed by atoms with Crippen LogP contribution in [0.5, 0.6) is 11.5 Å². The van der Waals surface area contributed by atoms with Gasteiger partial charge in [0.05, 0.1) is 31.9 Å². The van der Waals surface area contributed by atoms with Crippen LogP contribution in [0.2, 0.25) is 0 Å². The van der Waals surface area contributed by atoms with E-state index in [0.717, 1.165) is 22.2 Å². The van der Waals surface area contributed by atoms with Crippen LogP contribution in [0.3, 0.4) is 0 Å². The van der Waals surface area contributed by atoms with Crippen molar-refractivity contribution in [1.82, 2.24) is 9.97 Å². The van der Waals surface area contributed by atoms with Crippen molar-refractivity contribution in [2.24, 2.45) is 0 Å². The molecule has 2 heterocycles. The van der Waals surface area contributed by atoms with Gasteiger partial charge in [0.25, 0.3) is 0 Å². The Bertz CT molecular complexity index is 1290. The van der Waals surface area contributed by atoms with Crippen molar-refractivity contribution in [1.29, 1.82) is 0 Å². The van der Waals surface area contributed by atoms with Gasteiger partial charge in [-0.05, 0) is 24.3 Å². The van der Waals surface area contributed by atoms with Crippen LogP contribution in [-0.2, 0) is 19.1 Å². The quantitative estimate of drug-likeness (QED) is 0.353. The number of hydrogen-bond acceptors (Lipinski definition) is 9. The number of carboxylic acid groups (broad SMARTS) is 2. The van der Waals surface area contributed by atoms with Gasteiger partial charge in [-0.25, -0.2) is 19.6 Å². The monoisotopic (exact) mass is 507 g/mol. The average molecular weight is 507 g/mol. The predicted octanol–water partition coefficient (Wildman–Crippen LogP) is 2.87. The molecule has 37 heavy (non-hydrogen) atoms. The number of benzene rings is 2. The van der Waals surface area contributed by atoms with E-state index < -0.39 is 11.9 Å². The molecular weight excluding hydrogens is 482 g/mol. The number of anilines is 2. The minimum Gasteiger partial charge on any atom is -0.487 e. The van der Waals surface area contributed by atoms with Crippen molar-refractivity contribution in [3.8, 4) is 23.8 Å². The average Bonchev–Trinajstić information content (AvgIpc) is 2.88. The van der Waals surface area contributed by atoms with E-state index in [2.05, 4.69) is 21.2 Å². The Kier molecular flexibility index (Phi) is 10.2. The van der Waals surface area contributed by atoms with Crippen molar-refractivity contribution in [3.05, 3.63) is 60.4 Å². The molecule has 0 radical (unpaired) electrons. The fraction of sp³-hybridized carbons (Fsp3) is 0.231. The number of nitrogens with one attached hydrogen (secondary N) is 1. The second kappa shape index (κ2) is 14.0. The van der Waals surface area contributed by atoms with E-state index in [0.29, 0.717) is 69.1 Å². The van der Waals surface area contributed by atoms with Gasteiger partial charge in [0, 0.05) is 34.9 Å². The summed E-state index contributed by atoms with van der Waals surface area (Å²) in [6.07, 6.45) is 8.12. The minimum absolute atomic E-state index is 0.405. The highest BCUT2D eigenvalue weighted by Gasteiger charge is 2.13. The molecule has 11 heteroatoms. The van der Waals surface area contributed by atoms with Crippen LogP contribution in [0.25, 0.3) is 10.9 Å². The summed E-state index contributed by atoms with van der Waals surface area (Å²) in [6.45, 7) is 2.84. The maximum absolute atomic E-state index is 9.55. The standard InChI is InChI=1S/C22H21N3O4.C4H4O4/c1-2-16-4-3-5-17(12-16)25-22-18-13-20-21(14-19(18)23-15-24-22)29-11-9-27-7-6-26-8-10-28-20;5-3(6)1-2-4(7)8/h1,3-5,12-15H,6-11H2,(H,23,24,25);1-2H,(H,5,6)(H,7,8)/b;2-1+. The van der Waals surface area contributed by atoms with Gasteiger partial charge in [-0.2, -0.15) is 0 Å². The maximum Gasteiger partial charge on any atom is 0.328 e. The van der Waals surface area contributed by atoms with Gasteiger partial charge in [0.1, 0.15) is 25.4 Å². The third-order valence-electron chi connectivity index (χ3n) is 4.70. The topological polar surface area (TPSA) is 149 Å². The fourth-order valence-corrected chi connectivity index (χ4v) is 3.10. The third kappa shape index (κ3) is 8.81. The van der Waals surface area contributed by atoms with Crippen molar-refractivity contribution in [3.63, 3.8) is 0 Å². The van der Waals surface area contributed by atoms with Crippen LogP contribution < -0.4 is 14.8 Å². The van der Waals surface area contributed by atoms with Crippen LogP contribution in [0.4, 0.5) is 11.5 Å². The summed E-state index contributed by atoms with van der Waals surface area (Å²) in [7, 11) is 0. The minimum atomic E-state index is -1.26. The summed E-state index contributed by atoms with van der Waals surface area (Å²) >= 11 is 0. The first kappa shape index (κ1) is 26.9. The molecule has 0 fully saturated rings. The predicted molar refractivity (Wildman–Crippen MR) is 134 cm³/mol. The van der Waals surface area contributed by atoms with Crippen molar-refractivity contribution >= 4 is 34.3 Å².